The molecule has 0 saturated heterocycles. The first-order chi connectivity index (χ1) is 9.06. The van der Waals surface area contributed by atoms with E-state index in [0.29, 0.717) is 0 Å². The molecule has 2 aromatic carbocycles. The van der Waals surface area contributed by atoms with E-state index in [1.165, 1.54) is 5.56 Å². The third-order valence-corrected chi connectivity index (χ3v) is 3.61. The van der Waals surface area contributed by atoms with Gasteiger partial charge in [0.25, 0.3) is 0 Å². The minimum absolute atomic E-state index is 0.0689. The van der Waals surface area contributed by atoms with E-state index >= 15 is 0 Å². The number of rotatable bonds is 4. The molecule has 2 atom stereocenters. The minimum Gasteiger partial charge on any atom is -0.484 e. The van der Waals surface area contributed by atoms with Crippen LogP contribution in [0.25, 0.3) is 0 Å². The number of benzene rings is 2. The summed E-state index contributed by atoms with van der Waals surface area (Å²) in [7, 11) is 0. The van der Waals surface area contributed by atoms with Crippen molar-refractivity contribution in [2.75, 3.05) is 0 Å². The highest BCUT2D eigenvalue weighted by atomic mass is 127. The van der Waals surface area contributed by atoms with Crippen LogP contribution in [-0.4, -0.2) is 6.04 Å². The van der Waals surface area contributed by atoms with E-state index in [1.54, 1.807) is 0 Å². The Labute approximate surface area is 128 Å². The summed E-state index contributed by atoms with van der Waals surface area (Å²) in [6.45, 7) is 4.05. The number of hydrogen-bond acceptors (Lipinski definition) is 2. The van der Waals surface area contributed by atoms with Crippen molar-refractivity contribution in [3.63, 3.8) is 0 Å². The van der Waals surface area contributed by atoms with Crippen molar-refractivity contribution in [3.8, 4) is 5.75 Å². The summed E-state index contributed by atoms with van der Waals surface area (Å²) in [5, 5.41) is 0. The Morgan fingerprint density at radius 1 is 1.11 bits per heavy atom. The molecule has 0 aliphatic heterocycles. The Kier molecular flexibility index (Phi) is 4.82. The SMILES string of the molecule is Cc1ccc(C(Oc2cccc(I)c2)C(C)N)cc1. The Morgan fingerprint density at radius 3 is 2.37 bits per heavy atom. The molecule has 0 saturated carbocycles. The zero-order valence-electron chi connectivity index (χ0n) is 11.1. The molecule has 0 spiro atoms. The molecular weight excluding hydrogens is 349 g/mol. The second kappa shape index (κ2) is 6.39. The minimum atomic E-state index is -0.126. The summed E-state index contributed by atoms with van der Waals surface area (Å²) in [6.07, 6.45) is -0.126. The van der Waals surface area contributed by atoms with Gasteiger partial charge in [0, 0.05) is 9.61 Å². The summed E-state index contributed by atoms with van der Waals surface area (Å²) in [6, 6.07) is 16.3. The second-order valence-corrected chi connectivity index (χ2v) is 6.01. The van der Waals surface area contributed by atoms with E-state index in [4.69, 9.17) is 10.5 Å². The van der Waals surface area contributed by atoms with Crippen molar-refractivity contribution >= 4 is 22.6 Å². The van der Waals surface area contributed by atoms with Gasteiger partial charge in [-0.2, -0.15) is 0 Å². The molecule has 0 aliphatic rings. The van der Waals surface area contributed by atoms with Crippen molar-refractivity contribution in [1.82, 2.24) is 0 Å². The Morgan fingerprint density at radius 2 is 1.79 bits per heavy atom. The maximum Gasteiger partial charge on any atom is 0.138 e. The predicted octanol–water partition coefficient (Wildman–Crippen LogP) is 4.07. The lowest BCUT2D eigenvalue weighted by molar-refractivity contribution is 0.180. The van der Waals surface area contributed by atoms with Crippen molar-refractivity contribution in [2.45, 2.75) is 26.0 Å². The molecular formula is C16H18INO. The second-order valence-electron chi connectivity index (χ2n) is 4.77. The molecule has 3 heteroatoms. The quantitative estimate of drug-likeness (QED) is 0.827. The average molecular weight is 367 g/mol. The summed E-state index contributed by atoms with van der Waals surface area (Å²) >= 11 is 2.28. The van der Waals surface area contributed by atoms with Crippen molar-refractivity contribution in [3.05, 3.63) is 63.2 Å². The molecule has 100 valence electrons. The van der Waals surface area contributed by atoms with Gasteiger partial charge in [-0.25, -0.2) is 0 Å². The number of aryl methyl sites for hydroxylation is 1. The number of ether oxygens (including phenoxy) is 1. The predicted molar refractivity (Wildman–Crippen MR) is 87.4 cm³/mol. The third kappa shape index (κ3) is 3.94. The Balaban J connectivity index is 2.23. The number of nitrogens with two attached hydrogens (primary N) is 1. The molecule has 2 nitrogen and oxygen atoms in total. The standard InChI is InChI=1S/C16H18INO/c1-11-6-8-13(9-7-11)16(12(2)18)19-15-5-3-4-14(17)10-15/h3-10,12,16H,18H2,1-2H3. The van der Waals surface area contributed by atoms with Gasteiger partial charge in [0.2, 0.25) is 0 Å². The highest BCUT2D eigenvalue weighted by Crippen LogP contribution is 2.25. The molecule has 19 heavy (non-hydrogen) atoms. The van der Waals surface area contributed by atoms with Gasteiger partial charge in [-0.05, 0) is 60.2 Å². The van der Waals surface area contributed by atoms with Crippen LogP contribution in [0.5, 0.6) is 5.75 Å². The molecule has 0 heterocycles. The van der Waals surface area contributed by atoms with E-state index in [-0.39, 0.29) is 12.1 Å². The zero-order chi connectivity index (χ0) is 13.8. The Bertz CT molecular complexity index is 537. The van der Waals surface area contributed by atoms with Gasteiger partial charge in [0.1, 0.15) is 11.9 Å². The van der Waals surface area contributed by atoms with Crippen LogP contribution in [-0.2, 0) is 0 Å². The van der Waals surface area contributed by atoms with Crippen LogP contribution in [0, 0.1) is 10.5 Å². The van der Waals surface area contributed by atoms with Crippen molar-refractivity contribution in [2.24, 2.45) is 5.73 Å². The van der Waals surface area contributed by atoms with Crippen LogP contribution < -0.4 is 10.5 Å². The van der Waals surface area contributed by atoms with Crippen molar-refractivity contribution < 1.29 is 4.74 Å². The summed E-state index contributed by atoms with van der Waals surface area (Å²) < 4.78 is 7.21. The van der Waals surface area contributed by atoms with E-state index in [1.807, 2.05) is 31.2 Å². The average Bonchev–Trinajstić information content (AvgIpc) is 2.37. The molecule has 0 radical (unpaired) electrons. The number of hydrogen-bond donors (Lipinski definition) is 1. The first-order valence-electron chi connectivity index (χ1n) is 6.30. The molecule has 2 aromatic rings. The fraction of sp³-hybridized carbons (Fsp3) is 0.250. The van der Waals surface area contributed by atoms with Gasteiger partial charge in [-0.3, -0.25) is 0 Å². The smallest absolute Gasteiger partial charge is 0.138 e. The van der Waals surface area contributed by atoms with Crippen LogP contribution in [0.1, 0.15) is 24.2 Å². The lowest BCUT2D eigenvalue weighted by atomic mass is 10.0. The van der Waals surface area contributed by atoms with Gasteiger partial charge < -0.3 is 10.5 Å². The largest absolute Gasteiger partial charge is 0.484 e. The molecule has 0 bridgehead atoms. The summed E-state index contributed by atoms with van der Waals surface area (Å²) in [5.74, 6) is 0.856. The highest BCUT2D eigenvalue weighted by molar-refractivity contribution is 14.1. The molecule has 0 amide bonds. The fourth-order valence-corrected chi connectivity index (χ4v) is 2.44. The maximum absolute atomic E-state index is 6.07. The van der Waals surface area contributed by atoms with Crippen LogP contribution in [0.4, 0.5) is 0 Å². The normalized spacial score (nSPS) is 13.9. The van der Waals surface area contributed by atoms with Crippen LogP contribution in [0.3, 0.4) is 0 Å². The Hall–Kier alpha value is -1.07. The first-order valence-corrected chi connectivity index (χ1v) is 7.38. The molecule has 0 aromatic heterocycles. The summed E-state index contributed by atoms with van der Waals surface area (Å²) in [4.78, 5) is 0. The lowest BCUT2D eigenvalue weighted by Crippen LogP contribution is -2.29. The van der Waals surface area contributed by atoms with E-state index < -0.39 is 0 Å². The van der Waals surface area contributed by atoms with Gasteiger partial charge in [-0.1, -0.05) is 35.9 Å². The monoisotopic (exact) mass is 367 g/mol. The molecule has 0 fully saturated rings. The molecule has 2 unspecified atom stereocenters. The van der Waals surface area contributed by atoms with E-state index in [0.717, 1.165) is 14.9 Å². The zero-order valence-corrected chi connectivity index (χ0v) is 13.3. The first kappa shape index (κ1) is 14.3. The van der Waals surface area contributed by atoms with Gasteiger partial charge >= 0.3 is 0 Å². The van der Waals surface area contributed by atoms with E-state index in [9.17, 15) is 0 Å². The fourth-order valence-electron chi connectivity index (χ4n) is 1.92. The number of halogens is 1. The van der Waals surface area contributed by atoms with Gasteiger partial charge in [-0.15, -0.1) is 0 Å². The van der Waals surface area contributed by atoms with Gasteiger partial charge in [0.05, 0.1) is 0 Å². The van der Waals surface area contributed by atoms with E-state index in [2.05, 4.69) is 53.8 Å². The van der Waals surface area contributed by atoms with Crippen LogP contribution >= 0.6 is 22.6 Å². The highest BCUT2D eigenvalue weighted by Gasteiger charge is 2.18. The van der Waals surface area contributed by atoms with Crippen LogP contribution in [0.2, 0.25) is 0 Å². The summed E-state index contributed by atoms with van der Waals surface area (Å²) in [5.41, 5.74) is 8.41. The van der Waals surface area contributed by atoms with Crippen molar-refractivity contribution in [1.29, 1.82) is 0 Å². The molecule has 0 aliphatic carbocycles. The lowest BCUT2D eigenvalue weighted by Gasteiger charge is -2.23. The maximum atomic E-state index is 6.07. The van der Waals surface area contributed by atoms with Gasteiger partial charge in [0.15, 0.2) is 0 Å². The molecule has 2 N–H and O–H groups in total. The topological polar surface area (TPSA) is 35.2 Å². The van der Waals surface area contributed by atoms with Crippen LogP contribution in [0.15, 0.2) is 48.5 Å². The third-order valence-electron chi connectivity index (χ3n) is 2.94. The molecule has 2 rings (SSSR count).